The molecule has 28 heavy (non-hydrogen) atoms. The molecule has 0 fully saturated rings. The summed E-state index contributed by atoms with van der Waals surface area (Å²) >= 11 is 1.52. The van der Waals surface area contributed by atoms with Crippen molar-refractivity contribution >= 4 is 17.2 Å². The molecule has 0 saturated carbocycles. The van der Waals surface area contributed by atoms with Crippen LogP contribution in [0.5, 0.6) is 0 Å². The molecule has 3 heterocycles. The summed E-state index contributed by atoms with van der Waals surface area (Å²) in [6, 6.07) is 15.1. The molecule has 140 valence electrons. The molecule has 0 atom stereocenters. The van der Waals surface area contributed by atoms with E-state index in [1.54, 1.807) is 12.3 Å². The third-order valence-electron chi connectivity index (χ3n) is 4.33. The quantitative estimate of drug-likeness (QED) is 0.563. The van der Waals surface area contributed by atoms with E-state index in [-0.39, 0.29) is 11.6 Å². The summed E-state index contributed by atoms with van der Waals surface area (Å²) in [4.78, 5) is 21.0. The van der Waals surface area contributed by atoms with Crippen molar-refractivity contribution in [3.63, 3.8) is 0 Å². The van der Waals surface area contributed by atoms with Crippen LogP contribution in [0.4, 0.5) is 5.82 Å². The molecule has 2 N–H and O–H groups in total. The minimum Gasteiger partial charge on any atom is -0.383 e. The molecule has 0 spiro atoms. The van der Waals surface area contributed by atoms with Gasteiger partial charge in [-0.05, 0) is 26.0 Å². The Hall–Kier alpha value is -3.32. The zero-order chi connectivity index (χ0) is 19.7. The van der Waals surface area contributed by atoms with Gasteiger partial charge in [-0.15, -0.1) is 11.3 Å². The first kappa shape index (κ1) is 18.1. The van der Waals surface area contributed by atoms with Crippen LogP contribution in [0.1, 0.15) is 19.9 Å². The zero-order valence-corrected chi connectivity index (χ0v) is 16.4. The van der Waals surface area contributed by atoms with E-state index >= 15 is 0 Å². The Labute approximate surface area is 166 Å². The number of anilines is 1. The highest BCUT2D eigenvalue weighted by Crippen LogP contribution is 2.33. The smallest absolute Gasteiger partial charge is 0.267 e. The average molecular weight is 389 g/mol. The Morgan fingerprint density at radius 1 is 1.04 bits per heavy atom. The second-order valence-corrected chi connectivity index (χ2v) is 7.51. The van der Waals surface area contributed by atoms with Crippen LogP contribution < -0.4 is 11.3 Å². The summed E-state index contributed by atoms with van der Waals surface area (Å²) < 4.78 is 1.46. The second kappa shape index (κ2) is 7.36. The fourth-order valence-corrected chi connectivity index (χ4v) is 3.73. The monoisotopic (exact) mass is 389 g/mol. The maximum Gasteiger partial charge on any atom is 0.267 e. The van der Waals surface area contributed by atoms with Crippen molar-refractivity contribution in [3.05, 3.63) is 70.5 Å². The van der Waals surface area contributed by atoms with Crippen LogP contribution in [0.25, 0.3) is 33.1 Å². The number of aromatic nitrogens is 4. The van der Waals surface area contributed by atoms with Gasteiger partial charge in [0.25, 0.3) is 5.56 Å². The molecular weight excluding hydrogens is 370 g/mol. The van der Waals surface area contributed by atoms with Gasteiger partial charge in [-0.25, -0.2) is 14.6 Å². The lowest BCUT2D eigenvalue weighted by Crippen LogP contribution is -2.23. The Morgan fingerprint density at radius 2 is 1.82 bits per heavy atom. The number of pyridine rings is 1. The molecule has 0 aliphatic carbocycles. The highest BCUT2D eigenvalue weighted by molar-refractivity contribution is 7.13. The van der Waals surface area contributed by atoms with Gasteiger partial charge < -0.3 is 5.73 Å². The maximum absolute atomic E-state index is 12.0. The highest BCUT2D eigenvalue weighted by Gasteiger charge is 2.13. The number of nitrogen functional groups attached to an aromatic ring is 1. The van der Waals surface area contributed by atoms with Gasteiger partial charge in [-0.3, -0.25) is 4.79 Å². The van der Waals surface area contributed by atoms with E-state index in [1.807, 2.05) is 55.6 Å². The number of hydrogen-bond acceptors (Lipinski definition) is 6. The molecule has 4 aromatic rings. The summed E-state index contributed by atoms with van der Waals surface area (Å²) in [5, 5.41) is 7.27. The van der Waals surface area contributed by atoms with Gasteiger partial charge in [0.1, 0.15) is 10.8 Å². The molecule has 0 radical (unpaired) electrons. The van der Waals surface area contributed by atoms with Gasteiger partial charge in [0.15, 0.2) is 0 Å². The van der Waals surface area contributed by atoms with E-state index in [0.29, 0.717) is 11.5 Å². The predicted molar refractivity (Wildman–Crippen MR) is 113 cm³/mol. The topological polar surface area (TPSA) is 86.7 Å². The second-order valence-electron chi connectivity index (χ2n) is 6.66. The molecule has 4 rings (SSSR count). The lowest BCUT2D eigenvalue weighted by atomic mass is 10.1. The third-order valence-corrected chi connectivity index (χ3v) is 5.21. The fraction of sp³-hybridized carbons (Fsp3) is 0.143. The zero-order valence-electron chi connectivity index (χ0n) is 15.5. The van der Waals surface area contributed by atoms with Gasteiger partial charge in [0.2, 0.25) is 0 Å². The van der Waals surface area contributed by atoms with E-state index in [4.69, 9.17) is 10.7 Å². The SMILES string of the molecule is CC(C)n1nc(-c2cnc(N)c(-c3nc(-c4ccccc4)cs3)c2)ccc1=O. The normalized spacial score (nSPS) is 11.1. The molecule has 3 aromatic heterocycles. The van der Waals surface area contributed by atoms with Gasteiger partial charge in [-0.2, -0.15) is 5.10 Å². The van der Waals surface area contributed by atoms with Gasteiger partial charge in [0, 0.05) is 28.8 Å². The summed E-state index contributed by atoms with van der Waals surface area (Å²) in [5.41, 5.74) is 10.2. The lowest BCUT2D eigenvalue weighted by molar-refractivity contribution is 0.505. The highest BCUT2D eigenvalue weighted by atomic mass is 32.1. The van der Waals surface area contributed by atoms with E-state index in [2.05, 4.69) is 10.1 Å². The molecule has 6 nitrogen and oxygen atoms in total. The summed E-state index contributed by atoms with van der Waals surface area (Å²) in [6.45, 7) is 3.84. The number of hydrogen-bond donors (Lipinski definition) is 1. The predicted octanol–water partition coefficient (Wildman–Crippen LogP) is 4.26. The van der Waals surface area contributed by atoms with Gasteiger partial charge >= 0.3 is 0 Å². The van der Waals surface area contributed by atoms with Crippen molar-refractivity contribution in [3.8, 4) is 33.1 Å². The number of benzene rings is 1. The van der Waals surface area contributed by atoms with Gasteiger partial charge in [-0.1, -0.05) is 30.3 Å². The van der Waals surface area contributed by atoms with Crippen LogP contribution in [-0.2, 0) is 0 Å². The third kappa shape index (κ3) is 3.44. The van der Waals surface area contributed by atoms with Crippen LogP contribution in [0.2, 0.25) is 0 Å². The number of rotatable bonds is 4. The van der Waals surface area contributed by atoms with E-state index in [0.717, 1.165) is 27.4 Å². The van der Waals surface area contributed by atoms with Crippen molar-refractivity contribution in [1.29, 1.82) is 0 Å². The van der Waals surface area contributed by atoms with Crippen LogP contribution >= 0.6 is 11.3 Å². The summed E-state index contributed by atoms with van der Waals surface area (Å²) in [6.07, 6.45) is 1.67. The van der Waals surface area contributed by atoms with Crippen LogP contribution in [0.15, 0.2) is 64.9 Å². The van der Waals surface area contributed by atoms with Crippen molar-refractivity contribution in [1.82, 2.24) is 19.7 Å². The standard InChI is InChI=1S/C21H19N5OS/c1-13(2)26-19(27)9-8-17(25-26)15-10-16(20(22)23-11-15)21-24-18(12-28-21)14-6-4-3-5-7-14/h3-13H,1-2H3,(H2,22,23). The Morgan fingerprint density at radius 3 is 2.57 bits per heavy atom. The molecule has 0 amide bonds. The molecule has 7 heteroatoms. The molecule has 0 aliphatic rings. The minimum atomic E-state index is -0.130. The molecular formula is C21H19N5OS. The molecule has 0 aliphatic heterocycles. The molecule has 0 saturated heterocycles. The first-order valence-electron chi connectivity index (χ1n) is 8.90. The number of nitrogens with zero attached hydrogens (tertiary/aromatic N) is 4. The Kier molecular flexibility index (Phi) is 4.75. The lowest BCUT2D eigenvalue weighted by Gasteiger charge is -2.11. The largest absolute Gasteiger partial charge is 0.383 e. The number of thiazole rings is 1. The van der Waals surface area contributed by atoms with Crippen LogP contribution in [0.3, 0.4) is 0 Å². The van der Waals surface area contributed by atoms with Crippen LogP contribution in [-0.4, -0.2) is 19.7 Å². The fourth-order valence-electron chi connectivity index (χ4n) is 2.87. The molecule has 1 aromatic carbocycles. The minimum absolute atomic E-state index is 0.0268. The van der Waals surface area contributed by atoms with Crippen molar-refractivity contribution in [2.45, 2.75) is 19.9 Å². The van der Waals surface area contributed by atoms with E-state index in [9.17, 15) is 4.79 Å². The summed E-state index contributed by atoms with van der Waals surface area (Å²) in [5.74, 6) is 0.412. The maximum atomic E-state index is 12.0. The Bertz CT molecular complexity index is 1180. The molecule has 0 bridgehead atoms. The Balaban J connectivity index is 1.76. The van der Waals surface area contributed by atoms with E-state index in [1.165, 1.54) is 22.1 Å². The number of nitrogens with two attached hydrogens (primary N) is 1. The van der Waals surface area contributed by atoms with Crippen molar-refractivity contribution < 1.29 is 0 Å². The first-order valence-corrected chi connectivity index (χ1v) is 9.78. The summed E-state index contributed by atoms with van der Waals surface area (Å²) in [7, 11) is 0. The van der Waals surface area contributed by atoms with Gasteiger partial charge in [0.05, 0.1) is 23.0 Å². The van der Waals surface area contributed by atoms with Crippen molar-refractivity contribution in [2.24, 2.45) is 0 Å². The van der Waals surface area contributed by atoms with Crippen molar-refractivity contribution in [2.75, 3.05) is 5.73 Å². The first-order chi connectivity index (χ1) is 13.5. The van der Waals surface area contributed by atoms with E-state index < -0.39 is 0 Å². The molecule has 0 unspecified atom stereocenters. The average Bonchev–Trinajstić information content (AvgIpc) is 3.19. The van der Waals surface area contributed by atoms with Crippen LogP contribution in [0, 0.1) is 0 Å².